The van der Waals surface area contributed by atoms with Crippen molar-refractivity contribution in [3.8, 4) is 0 Å². The van der Waals surface area contributed by atoms with Crippen LogP contribution in [-0.4, -0.2) is 9.78 Å². The Morgan fingerprint density at radius 2 is 1.91 bits per heavy atom. The molecule has 176 valence electrons. The van der Waals surface area contributed by atoms with Gasteiger partial charge in [0, 0.05) is 16.8 Å². The average molecular weight is 478 g/mol. The minimum absolute atomic E-state index is 0.0256. The van der Waals surface area contributed by atoms with Crippen LogP contribution >= 0.6 is 11.6 Å². The van der Waals surface area contributed by atoms with Crippen molar-refractivity contribution in [3.05, 3.63) is 94.7 Å². The van der Waals surface area contributed by atoms with Crippen LogP contribution in [-0.2, 0) is 6.18 Å². The van der Waals surface area contributed by atoms with Crippen LogP contribution in [0.2, 0.25) is 5.02 Å². The van der Waals surface area contributed by atoms with E-state index < -0.39 is 17.9 Å². The molecule has 0 amide bonds. The number of alkyl halides is 3. The van der Waals surface area contributed by atoms with E-state index in [0.717, 1.165) is 18.4 Å². The molecule has 3 rings (SSSR count). The SMILES string of the molecule is C=CN/C=C(\C=C(C)C)NC(c1ccc(Cl)cc1)c1c(C(F)(F)F)nn(C2CC2)c1C(=C)N. The van der Waals surface area contributed by atoms with Crippen molar-refractivity contribution in [1.29, 1.82) is 0 Å². The molecule has 1 atom stereocenters. The van der Waals surface area contributed by atoms with Crippen LogP contribution in [0.15, 0.2) is 67.2 Å². The number of benzene rings is 1. The summed E-state index contributed by atoms with van der Waals surface area (Å²) in [5.74, 6) is 0. The van der Waals surface area contributed by atoms with Gasteiger partial charge in [-0.2, -0.15) is 18.3 Å². The van der Waals surface area contributed by atoms with Gasteiger partial charge in [0.05, 0.1) is 29.2 Å². The lowest BCUT2D eigenvalue weighted by Gasteiger charge is -2.24. The molecule has 0 spiro atoms. The fourth-order valence-corrected chi connectivity index (χ4v) is 3.69. The molecule has 1 saturated carbocycles. The van der Waals surface area contributed by atoms with Gasteiger partial charge in [0.25, 0.3) is 0 Å². The molecule has 0 bridgehead atoms. The zero-order valence-corrected chi connectivity index (χ0v) is 19.3. The number of allylic oxidation sites excluding steroid dienone is 2. The van der Waals surface area contributed by atoms with Crippen LogP contribution in [0.3, 0.4) is 0 Å². The number of aromatic nitrogens is 2. The van der Waals surface area contributed by atoms with Crippen LogP contribution in [0.4, 0.5) is 13.2 Å². The molecule has 5 nitrogen and oxygen atoms in total. The Labute approximate surface area is 196 Å². The zero-order chi connectivity index (χ0) is 24.3. The second kappa shape index (κ2) is 9.79. The maximum absolute atomic E-state index is 14.2. The van der Waals surface area contributed by atoms with Crippen molar-refractivity contribution in [3.63, 3.8) is 0 Å². The van der Waals surface area contributed by atoms with Gasteiger partial charge in [-0.3, -0.25) is 4.68 Å². The third-order valence-electron chi connectivity index (χ3n) is 5.02. The van der Waals surface area contributed by atoms with Gasteiger partial charge >= 0.3 is 6.18 Å². The van der Waals surface area contributed by atoms with E-state index in [1.165, 1.54) is 10.9 Å². The number of halogens is 4. The van der Waals surface area contributed by atoms with E-state index in [2.05, 4.69) is 28.9 Å². The molecule has 0 radical (unpaired) electrons. The Hall–Kier alpha value is -3.13. The van der Waals surface area contributed by atoms with Crippen molar-refractivity contribution in [2.75, 3.05) is 0 Å². The van der Waals surface area contributed by atoms with Crippen molar-refractivity contribution in [2.45, 2.75) is 44.9 Å². The number of hydrogen-bond donors (Lipinski definition) is 3. The van der Waals surface area contributed by atoms with Crippen molar-refractivity contribution >= 4 is 17.3 Å². The Balaban J connectivity index is 2.28. The smallest absolute Gasteiger partial charge is 0.397 e. The highest BCUT2D eigenvalue weighted by Gasteiger charge is 2.44. The second-order valence-corrected chi connectivity index (χ2v) is 8.57. The fourth-order valence-electron chi connectivity index (χ4n) is 3.56. The number of nitrogens with two attached hydrogens (primary N) is 1. The predicted molar refractivity (Wildman–Crippen MR) is 126 cm³/mol. The van der Waals surface area contributed by atoms with Gasteiger partial charge in [-0.05, 0) is 56.7 Å². The van der Waals surface area contributed by atoms with Crippen LogP contribution in [0.25, 0.3) is 5.70 Å². The minimum atomic E-state index is -4.69. The molecule has 0 saturated heterocycles. The summed E-state index contributed by atoms with van der Waals surface area (Å²) >= 11 is 6.05. The third kappa shape index (κ3) is 5.82. The van der Waals surface area contributed by atoms with E-state index in [4.69, 9.17) is 17.3 Å². The van der Waals surface area contributed by atoms with E-state index in [0.29, 0.717) is 16.3 Å². The number of rotatable bonds is 9. The summed E-state index contributed by atoms with van der Waals surface area (Å²) in [6.07, 6.45) is 1.70. The Morgan fingerprint density at radius 1 is 1.27 bits per heavy atom. The molecule has 1 aliphatic carbocycles. The highest BCUT2D eigenvalue weighted by atomic mass is 35.5. The summed E-state index contributed by atoms with van der Waals surface area (Å²) < 4.78 is 44.1. The number of nitrogens with one attached hydrogen (secondary N) is 2. The van der Waals surface area contributed by atoms with Crippen molar-refractivity contribution in [1.82, 2.24) is 20.4 Å². The first-order chi connectivity index (χ1) is 15.5. The molecule has 9 heteroatoms. The van der Waals surface area contributed by atoms with E-state index in [9.17, 15) is 13.2 Å². The summed E-state index contributed by atoms with van der Waals surface area (Å²) in [6, 6.07) is 5.56. The standard InChI is InChI=1S/C24H27ClF3N5/c1-5-30-13-18(12-14(2)3)31-21(16-6-8-17(25)9-7-16)20-22(15(4)29)33(19-10-11-19)32-23(20)24(26,27)28/h5-9,12-13,19,21,30-31H,1,4,10-11,29H2,2-3H3/b18-13+. The highest BCUT2D eigenvalue weighted by molar-refractivity contribution is 6.30. The number of hydrogen-bond acceptors (Lipinski definition) is 4. The summed E-state index contributed by atoms with van der Waals surface area (Å²) in [6.45, 7) is 11.2. The average Bonchev–Trinajstić information content (AvgIpc) is 3.48. The first-order valence-corrected chi connectivity index (χ1v) is 10.8. The maximum atomic E-state index is 14.2. The molecule has 1 aromatic heterocycles. The van der Waals surface area contributed by atoms with Gasteiger partial charge < -0.3 is 16.4 Å². The van der Waals surface area contributed by atoms with E-state index in [-0.39, 0.29) is 23.0 Å². The zero-order valence-electron chi connectivity index (χ0n) is 18.5. The second-order valence-electron chi connectivity index (χ2n) is 8.13. The molecule has 1 aromatic carbocycles. The molecular formula is C24H27ClF3N5. The van der Waals surface area contributed by atoms with Crippen LogP contribution in [0.5, 0.6) is 0 Å². The van der Waals surface area contributed by atoms with Gasteiger partial charge in [0.2, 0.25) is 0 Å². The lowest BCUT2D eigenvalue weighted by Crippen LogP contribution is -2.26. The lowest BCUT2D eigenvalue weighted by molar-refractivity contribution is -0.142. The van der Waals surface area contributed by atoms with E-state index in [1.807, 2.05) is 19.9 Å². The molecule has 4 N–H and O–H groups in total. The van der Waals surface area contributed by atoms with Gasteiger partial charge in [-0.1, -0.05) is 42.5 Å². The van der Waals surface area contributed by atoms with Crippen molar-refractivity contribution < 1.29 is 13.2 Å². The molecule has 1 aliphatic rings. The van der Waals surface area contributed by atoms with Crippen molar-refractivity contribution in [2.24, 2.45) is 5.73 Å². The molecule has 1 fully saturated rings. The first-order valence-electron chi connectivity index (χ1n) is 10.4. The molecule has 0 aliphatic heterocycles. The molecule has 1 heterocycles. The van der Waals surface area contributed by atoms with Gasteiger partial charge in [-0.15, -0.1) is 0 Å². The van der Waals surface area contributed by atoms with E-state index in [1.54, 1.807) is 30.5 Å². The molecule has 33 heavy (non-hydrogen) atoms. The van der Waals surface area contributed by atoms with Crippen LogP contribution in [0, 0.1) is 0 Å². The first kappa shape index (κ1) is 24.5. The van der Waals surface area contributed by atoms with E-state index >= 15 is 0 Å². The highest BCUT2D eigenvalue weighted by Crippen LogP contribution is 2.44. The number of nitrogens with zero attached hydrogens (tertiary/aromatic N) is 2. The van der Waals surface area contributed by atoms with Crippen LogP contribution in [0.1, 0.15) is 61.3 Å². The maximum Gasteiger partial charge on any atom is 0.435 e. The monoisotopic (exact) mass is 477 g/mol. The summed E-state index contributed by atoms with van der Waals surface area (Å²) in [7, 11) is 0. The normalized spacial score (nSPS) is 15.0. The fraction of sp³-hybridized carbons (Fsp3) is 0.292. The lowest BCUT2D eigenvalue weighted by atomic mass is 9.94. The Kier molecular flexibility index (Phi) is 7.27. The Bertz CT molecular complexity index is 1090. The molecular weight excluding hydrogens is 451 g/mol. The topological polar surface area (TPSA) is 67.9 Å². The van der Waals surface area contributed by atoms with Gasteiger partial charge in [-0.25, -0.2) is 0 Å². The quantitative estimate of drug-likeness (QED) is 0.385. The Morgan fingerprint density at radius 3 is 2.39 bits per heavy atom. The summed E-state index contributed by atoms with van der Waals surface area (Å²) in [5, 5.41) is 10.6. The molecule has 2 aromatic rings. The predicted octanol–water partition coefficient (Wildman–Crippen LogP) is 6.04. The third-order valence-corrected chi connectivity index (χ3v) is 5.27. The van der Waals surface area contributed by atoms with Crippen LogP contribution < -0.4 is 16.4 Å². The largest absolute Gasteiger partial charge is 0.435 e. The summed E-state index contributed by atoms with van der Waals surface area (Å²) in [4.78, 5) is 0. The summed E-state index contributed by atoms with van der Waals surface area (Å²) in [5.41, 5.74) is 7.26. The van der Waals surface area contributed by atoms with Gasteiger partial charge in [0.1, 0.15) is 0 Å². The minimum Gasteiger partial charge on any atom is -0.397 e. The molecule has 1 unspecified atom stereocenters. The van der Waals surface area contributed by atoms with Gasteiger partial charge in [0.15, 0.2) is 5.69 Å².